The van der Waals surface area contributed by atoms with E-state index in [9.17, 15) is 0 Å². The third-order valence-electron chi connectivity index (χ3n) is 0. The Bertz CT molecular complexity index is 8.00. The van der Waals surface area contributed by atoms with Crippen molar-refractivity contribution in [3.8, 4) is 0 Å². The zero-order chi connectivity index (χ0) is 0. The van der Waals surface area contributed by atoms with Gasteiger partial charge in [-0.15, -0.1) is 0 Å². The molecule has 0 rings (SSSR count). The summed E-state index contributed by atoms with van der Waals surface area (Å²) in [5.41, 5.74) is 0. The molecule has 0 spiro atoms. The molecule has 0 aliphatic carbocycles. The van der Waals surface area contributed by atoms with Crippen molar-refractivity contribution in [3.63, 3.8) is 0 Å². The molecule has 28 valence electrons. The van der Waals surface area contributed by atoms with Crippen LogP contribution in [-0.4, -0.2) is 69.4 Å². The van der Waals surface area contributed by atoms with E-state index >= 15 is 0 Å². The van der Waals surface area contributed by atoms with Crippen molar-refractivity contribution >= 4 is 63.9 Å². The topological polar surface area (TPSA) is 31.5 Å². The summed E-state index contributed by atoms with van der Waals surface area (Å²) in [5.74, 6) is 0. The first-order valence-corrected chi connectivity index (χ1v) is 0. The van der Waals surface area contributed by atoms with Crippen LogP contribution in [0, 0.1) is 0 Å². The van der Waals surface area contributed by atoms with Crippen LogP contribution < -0.4 is 0 Å². The molecule has 0 fully saturated rings. The summed E-state index contributed by atoms with van der Waals surface area (Å²) in [6.45, 7) is 0. The SMILES string of the molecule is O.[BiH3].[CaH2].[Fe]. The van der Waals surface area contributed by atoms with Gasteiger partial charge in [0.05, 0.1) is 0 Å². The van der Waals surface area contributed by atoms with Crippen molar-refractivity contribution in [3.05, 3.63) is 0 Å². The fourth-order valence-electron chi connectivity index (χ4n) is 0. The molecule has 0 aromatic carbocycles. The summed E-state index contributed by atoms with van der Waals surface area (Å²) < 4.78 is 0. The summed E-state index contributed by atoms with van der Waals surface area (Å²) >= 11 is 0. The molecule has 0 aliphatic heterocycles. The smallest absolute Gasteiger partial charge is 0 e. The minimum absolute atomic E-state index is 0. The van der Waals surface area contributed by atoms with Crippen molar-refractivity contribution in [2.45, 2.75) is 0 Å². The monoisotopic (exact) mass is 328 g/mol. The average molecular weight is 328 g/mol. The molecule has 0 unspecified atom stereocenters. The molecule has 0 atom stereocenters. The maximum Gasteiger partial charge on any atom is 0 e. The zero-order valence-electron chi connectivity index (χ0n) is 1.56. The Kier molecular flexibility index (Phi) is 133. The molecule has 4 heavy (non-hydrogen) atoms. The van der Waals surface area contributed by atoms with Gasteiger partial charge < -0.3 is 5.48 Å². The molecule has 0 heterocycles. The number of rotatable bonds is 0. The molecular weight excluding hydrogens is 321 g/mol. The van der Waals surface area contributed by atoms with Crippen molar-refractivity contribution in [2.24, 2.45) is 0 Å². The summed E-state index contributed by atoms with van der Waals surface area (Å²) in [7, 11) is 0. The molecule has 0 bridgehead atoms. The summed E-state index contributed by atoms with van der Waals surface area (Å²) in [6.07, 6.45) is 0. The third kappa shape index (κ3) is 8.82. The summed E-state index contributed by atoms with van der Waals surface area (Å²) in [5, 5.41) is 0. The van der Waals surface area contributed by atoms with Gasteiger partial charge in [0.25, 0.3) is 0 Å². The zero-order valence-corrected chi connectivity index (χ0v) is 8.16. The molecule has 0 aromatic heterocycles. The minimum atomic E-state index is 0. The van der Waals surface area contributed by atoms with Gasteiger partial charge in [-0.1, -0.05) is 0 Å². The Hall–Kier alpha value is 2.62. The van der Waals surface area contributed by atoms with Crippen molar-refractivity contribution in [1.82, 2.24) is 0 Å². The van der Waals surface area contributed by atoms with E-state index in [4.69, 9.17) is 0 Å². The van der Waals surface area contributed by atoms with E-state index in [0.29, 0.717) is 0 Å². The third-order valence-corrected chi connectivity index (χ3v) is 0. The second-order valence-electron chi connectivity index (χ2n) is 0. The Morgan fingerprint density at radius 3 is 1.00 bits per heavy atom. The van der Waals surface area contributed by atoms with E-state index in [0.717, 1.165) is 0 Å². The molecule has 0 amide bonds. The largest absolute Gasteiger partial charge is 0 e. The minimum Gasteiger partial charge on any atom is 0 e. The van der Waals surface area contributed by atoms with Crippen LogP contribution in [0.15, 0.2) is 0 Å². The van der Waals surface area contributed by atoms with Crippen LogP contribution >= 0.6 is 0 Å². The van der Waals surface area contributed by atoms with Gasteiger partial charge in [0.1, 0.15) is 0 Å². The predicted octanol–water partition coefficient (Wildman–Crippen LogP) is -2.93. The van der Waals surface area contributed by atoms with E-state index in [2.05, 4.69) is 0 Å². The number of hydrogen-bond acceptors (Lipinski definition) is 0. The van der Waals surface area contributed by atoms with Crippen LogP contribution in [-0.2, 0) is 17.1 Å². The van der Waals surface area contributed by atoms with Gasteiger partial charge in [0.2, 0.25) is 0 Å². The second-order valence-corrected chi connectivity index (χ2v) is 0. The van der Waals surface area contributed by atoms with E-state index in [-0.39, 0.29) is 86.5 Å². The first-order valence-electron chi connectivity index (χ1n) is 0. The Morgan fingerprint density at radius 2 is 1.00 bits per heavy atom. The standard InChI is InChI=1S/Bi.Ca.Fe.H2O.5H/h;;;1H2;;;;;. The van der Waals surface area contributed by atoms with E-state index in [1.807, 2.05) is 0 Å². The van der Waals surface area contributed by atoms with Crippen molar-refractivity contribution in [1.29, 1.82) is 0 Å². The van der Waals surface area contributed by atoms with Crippen LogP contribution in [0.5, 0.6) is 0 Å². The van der Waals surface area contributed by atoms with Gasteiger partial charge in [-0.2, -0.15) is 0 Å². The van der Waals surface area contributed by atoms with Gasteiger partial charge in [-0.3, -0.25) is 0 Å². The van der Waals surface area contributed by atoms with E-state index in [1.54, 1.807) is 0 Å². The first-order chi connectivity index (χ1) is 0. The molecule has 2 N–H and O–H groups in total. The molecule has 0 saturated heterocycles. The molecule has 0 radical (unpaired) electrons. The average Bonchev–Trinajstić information content (AvgIpc) is 0. The van der Waals surface area contributed by atoms with Gasteiger partial charge in [-0.25, -0.2) is 0 Å². The quantitative estimate of drug-likeness (QED) is 0.427. The van der Waals surface area contributed by atoms with Crippen molar-refractivity contribution in [2.75, 3.05) is 0 Å². The van der Waals surface area contributed by atoms with Gasteiger partial charge in [-0.05, 0) is 0 Å². The Balaban J connectivity index is 0. The van der Waals surface area contributed by atoms with Crippen LogP contribution in [0.1, 0.15) is 0 Å². The van der Waals surface area contributed by atoms with Crippen LogP contribution in [0.2, 0.25) is 0 Å². The Labute approximate surface area is 84.8 Å². The van der Waals surface area contributed by atoms with Gasteiger partial charge >= 0.3 is 63.9 Å². The van der Waals surface area contributed by atoms with E-state index in [1.165, 1.54) is 0 Å². The van der Waals surface area contributed by atoms with Crippen LogP contribution in [0.3, 0.4) is 0 Å². The normalized spacial score (nSPS) is 0. The molecule has 0 aliphatic rings. The van der Waals surface area contributed by atoms with E-state index < -0.39 is 0 Å². The van der Waals surface area contributed by atoms with Gasteiger partial charge in [0.15, 0.2) is 0 Å². The molecule has 4 heteroatoms. The fourth-order valence-corrected chi connectivity index (χ4v) is 0. The second kappa shape index (κ2) is 17.5. The van der Waals surface area contributed by atoms with Crippen LogP contribution in [0.4, 0.5) is 0 Å². The summed E-state index contributed by atoms with van der Waals surface area (Å²) in [4.78, 5) is 0. The number of hydrogen-bond donors (Lipinski definition) is 0. The molecule has 0 saturated carbocycles. The fraction of sp³-hybridized carbons (Fsp3) is 0. The predicted molar refractivity (Wildman–Crippen MR) is 22.1 cm³/mol. The maximum atomic E-state index is 0. The first kappa shape index (κ1) is 30.4. The maximum absolute atomic E-state index is 0. The molecule has 0 aromatic rings. The Morgan fingerprint density at radius 1 is 1.00 bits per heavy atom. The van der Waals surface area contributed by atoms with Crippen molar-refractivity contribution < 1.29 is 22.5 Å². The van der Waals surface area contributed by atoms with Crippen LogP contribution in [0.25, 0.3) is 0 Å². The summed E-state index contributed by atoms with van der Waals surface area (Å²) in [6, 6.07) is 0. The molecule has 1 nitrogen and oxygen atoms in total. The van der Waals surface area contributed by atoms with Gasteiger partial charge in [0, 0.05) is 17.1 Å². The molecular formula is H7BiCaFeO.